The van der Waals surface area contributed by atoms with Crippen molar-refractivity contribution < 1.29 is 19.1 Å². The SMILES string of the molecule is O=C(NCCNC(=O)c1ccccc1F)c1ccccc1O. The minimum absolute atomic E-state index is 0.0467. The zero-order chi connectivity index (χ0) is 15.9. The number of para-hydroxylation sites is 1. The lowest BCUT2D eigenvalue weighted by Gasteiger charge is -2.08. The number of benzene rings is 2. The smallest absolute Gasteiger partial charge is 0.255 e. The molecular weight excluding hydrogens is 287 g/mol. The molecule has 6 heteroatoms. The van der Waals surface area contributed by atoms with Crippen LogP contribution in [0.25, 0.3) is 0 Å². The third-order valence-corrected chi connectivity index (χ3v) is 2.96. The van der Waals surface area contributed by atoms with Gasteiger partial charge in [-0.25, -0.2) is 4.39 Å². The zero-order valence-electron chi connectivity index (χ0n) is 11.7. The molecule has 0 aliphatic heterocycles. The maximum Gasteiger partial charge on any atom is 0.255 e. The molecule has 0 aromatic heterocycles. The van der Waals surface area contributed by atoms with Crippen LogP contribution < -0.4 is 10.6 Å². The largest absolute Gasteiger partial charge is 0.507 e. The van der Waals surface area contributed by atoms with Crippen LogP contribution in [0.5, 0.6) is 5.75 Å². The molecule has 0 atom stereocenters. The Morgan fingerprint density at radius 3 is 1.95 bits per heavy atom. The van der Waals surface area contributed by atoms with Gasteiger partial charge in [-0.1, -0.05) is 24.3 Å². The van der Waals surface area contributed by atoms with Gasteiger partial charge in [0.1, 0.15) is 11.6 Å². The predicted molar refractivity (Wildman–Crippen MR) is 79.2 cm³/mol. The summed E-state index contributed by atoms with van der Waals surface area (Å²) in [6.45, 7) is 0.305. The first kappa shape index (κ1) is 15.5. The molecule has 2 aromatic carbocycles. The molecule has 114 valence electrons. The van der Waals surface area contributed by atoms with Gasteiger partial charge in [0.25, 0.3) is 11.8 Å². The normalized spacial score (nSPS) is 10.0. The van der Waals surface area contributed by atoms with E-state index in [9.17, 15) is 19.1 Å². The second kappa shape index (κ2) is 7.21. The Morgan fingerprint density at radius 1 is 0.864 bits per heavy atom. The fraction of sp³-hybridized carbons (Fsp3) is 0.125. The number of amides is 2. The van der Waals surface area contributed by atoms with Crippen LogP contribution in [0, 0.1) is 5.82 Å². The van der Waals surface area contributed by atoms with Crippen molar-refractivity contribution in [3.63, 3.8) is 0 Å². The van der Waals surface area contributed by atoms with E-state index in [1.54, 1.807) is 18.2 Å². The maximum atomic E-state index is 13.4. The minimum Gasteiger partial charge on any atom is -0.507 e. The standard InChI is InChI=1S/C16H15FN2O3/c17-13-7-3-1-5-11(13)15(21)18-9-10-19-16(22)12-6-2-4-8-14(12)20/h1-8,20H,9-10H2,(H,18,21)(H,19,22). The Hall–Kier alpha value is -2.89. The minimum atomic E-state index is -0.599. The zero-order valence-corrected chi connectivity index (χ0v) is 11.7. The highest BCUT2D eigenvalue weighted by molar-refractivity contribution is 5.97. The van der Waals surface area contributed by atoms with Gasteiger partial charge in [-0.05, 0) is 24.3 Å². The van der Waals surface area contributed by atoms with Crippen molar-refractivity contribution in [3.05, 3.63) is 65.5 Å². The summed E-state index contributed by atoms with van der Waals surface area (Å²) in [5.74, 6) is -1.71. The van der Waals surface area contributed by atoms with Crippen molar-refractivity contribution in [1.29, 1.82) is 0 Å². The molecule has 0 saturated heterocycles. The van der Waals surface area contributed by atoms with Crippen LogP contribution in [0.1, 0.15) is 20.7 Å². The molecule has 2 rings (SSSR count). The molecule has 0 radical (unpaired) electrons. The molecular formula is C16H15FN2O3. The summed E-state index contributed by atoms with van der Waals surface area (Å²) >= 11 is 0. The Labute approximate surface area is 126 Å². The Balaban J connectivity index is 1.80. The van der Waals surface area contributed by atoms with Gasteiger partial charge in [0.2, 0.25) is 0 Å². The number of hydrogen-bond donors (Lipinski definition) is 3. The Bertz CT molecular complexity index is 629. The third-order valence-electron chi connectivity index (χ3n) is 2.96. The van der Waals surface area contributed by atoms with Crippen molar-refractivity contribution in [3.8, 4) is 5.75 Å². The van der Waals surface area contributed by atoms with Crippen molar-refractivity contribution in [2.45, 2.75) is 0 Å². The summed E-state index contributed by atoms with van der Waals surface area (Å²) in [4.78, 5) is 23.5. The topological polar surface area (TPSA) is 78.4 Å². The van der Waals surface area contributed by atoms with Crippen molar-refractivity contribution in [2.75, 3.05) is 13.1 Å². The van der Waals surface area contributed by atoms with Crippen molar-refractivity contribution >= 4 is 11.8 Å². The quantitative estimate of drug-likeness (QED) is 0.735. The monoisotopic (exact) mass is 302 g/mol. The van der Waals surface area contributed by atoms with Crippen LogP contribution in [0.3, 0.4) is 0 Å². The average Bonchev–Trinajstić information content (AvgIpc) is 2.52. The van der Waals surface area contributed by atoms with Crippen LogP contribution in [0.15, 0.2) is 48.5 Å². The van der Waals surface area contributed by atoms with E-state index in [1.165, 1.54) is 30.3 Å². The van der Waals surface area contributed by atoms with E-state index >= 15 is 0 Å². The predicted octanol–water partition coefficient (Wildman–Crippen LogP) is 1.69. The first-order valence-corrected chi connectivity index (χ1v) is 6.68. The Morgan fingerprint density at radius 2 is 1.36 bits per heavy atom. The fourth-order valence-corrected chi connectivity index (χ4v) is 1.85. The fourth-order valence-electron chi connectivity index (χ4n) is 1.85. The summed E-state index contributed by atoms with van der Waals surface area (Å²) in [5, 5.41) is 14.6. The molecule has 0 heterocycles. The van der Waals surface area contributed by atoms with Crippen molar-refractivity contribution in [2.24, 2.45) is 0 Å². The number of carbonyl (C=O) groups is 2. The number of aromatic hydroxyl groups is 1. The van der Waals surface area contributed by atoms with Crippen LogP contribution in [0.2, 0.25) is 0 Å². The number of carbonyl (C=O) groups excluding carboxylic acids is 2. The summed E-state index contributed by atoms with van der Waals surface area (Å²) in [7, 11) is 0. The van der Waals surface area contributed by atoms with Gasteiger partial charge in [0.15, 0.2) is 0 Å². The van der Waals surface area contributed by atoms with Gasteiger partial charge >= 0.3 is 0 Å². The van der Waals surface area contributed by atoms with Crippen LogP contribution in [-0.4, -0.2) is 30.0 Å². The average molecular weight is 302 g/mol. The molecule has 2 aromatic rings. The molecule has 5 nitrogen and oxygen atoms in total. The first-order valence-electron chi connectivity index (χ1n) is 6.68. The van der Waals surface area contributed by atoms with E-state index in [1.807, 2.05) is 0 Å². The van der Waals surface area contributed by atoms with Crippen LogP contribution in [-0.2, 0) is 0 Å². The van der Waals surface area contributed by atoms with Gasteiger partial charge in [-0.15, -0.1) is 0 Å². The highest BCUT2D eigenvalue weighted by atomic mass is 19.1. The highest BCUT2D eigenvalue weighted by Crippen LogP contribution is 2.14. The third kappa shape index (κ3) is 3.82. The number of nitrogens with one attached hydrogen (secondary N) is 2. The van der Waals surface area contributed by atoms with E-state index in [2.05, 4.69) is 10.6 Å². The number of halogens is 1. The number of rotatable bonds is 5. The molecule has 0 aliphatic carbocycles. The summed E-state index contributed by atoms with van der Waals surface area (Å²) < 4.78 is 13.4. The van der Waals surface area contributed by atoms with Gasteiger partial charge in [-0.3, -0.25) is 9.59 Å². The van der Waals surface area contributed by atoms with Crippen molar-refractivity contribution in [1.82, 2.24) is 10.6 Å². The molecule has 2 amide bonds. The summed E-state index contributed by atoms with van der Waals surface area (Å²) in [6.07, 6.45) is 0. The number of hydrogen-bond acceptors (Lipinski definition) is 3. The molecule has 3 N–H and O–H groups in total. The first-order chi connectivity index (χ1) is 10.6. The molecule has 22 heavy (non-hydrogen) atoms. The second-order valence-electron chi connectivity index (χ2n) is 4.51. The van der Waals surface area contributed by atoms with Crippen LogP contribution >= 0.6 is 0 Å². The lowest BCUT2D eigenvalue weighted by atomic mass is 10.2. The van der Waals surface area contributed by atoms with E-state index < -0.39 is 17.6 Å². The number of phenolic OH excluding ortho intramolecular Hbond substituents is 1. The van der Waals surface area contributed by atoms with E-state index in [-0.39, 0.29) is 30.0 Å². The van der Waals surface area contributed by atoms with Gasteiger partial charge < -0.3 is 15.7 Å². The lowest BCUT2D eigenvalue weighted by molar-refractivity contribution is 0.0924. The molecule has 0 unspecified atom stereocenters. The summed E-state index contributed by atoms with van der Waals surface area (Å²) in [6, 6.07) is 11.8. The molecule has 0 spiro atoms. The second-order valence-corrected chi connectivity index (χ2v) is 4.51. The van der Waals surface area contributed by atoms with E-state index in [0.717, 1.165) is 0 Å². The highest BCUT2D eigenvalue weighted by Gasteiger charge is 2.11. The molecule has 0 bridgehead atoms. The van der Waals surface area contributed by atoms with Crippen LogP contribution in [0.4, 0.5) is 4.39 Å². The molecule has 0 fully saturated rings. The van der Waals surface area contributed by atoms with E-state index in [0.29, 0.717) is 0 Å². The van der Waals surface area contributed by atoms with Gasteiger partial charge in [0, 0.05) is 13.1 Å². The molecule has 0 saturated carbocycles. The molecule has 0 aliphatic rings. The maximum absolute atomic E-state index is 13.4. The number of phenols is 1. The van der Waals surface area contributed by atoms with Gasteiger partial charge in [-0.2, -0.15) is 0 Å². The Kier molecular flexibility index (Phi) is 5.08. The van der Waals surface area contributed by atoms with Gasteiger partial charge in [0.05, 0.1) is 11.1 Å². The lowest BCUT2D eigenvalue weighted by Crippen LogP contribution is -2.35. The summed E-state index contributed by atoms with van der Waals surface area (Å²) in [5.41, 5.74) is 0.109. The van der Waals surface area contributed by atoms with E-state index in [4.69, 9.17) is 0 Å².